The zero-order valence-electron chi connectivity index (χ0n) is 11.2. The molecule has 4 heteroatoms. The number of aliphatic hydroxyl groups is 1. The van der Waals surface area contributed by atoms with Crippen molar-refractivity contribution in [1.29, 1.82) is 0 Å². The van der Waals surface area contributed by atoms with Crippen LogP contribution in [0.5, 0.6) is 0 Å². The lowest BCUT2D eigenvalue weighted by atomic mass is 10.0. The van der Waals surface area contributed by atoms with E-state index in [2.05, 4.69) is 27.0 Å². The molecule has 3 aromatic rings. The molecule has 0 aliphatic heterocycles. The van der Waals surface area contributed by atoms with E-state index in [9.17, 15) is 5.11 Å². The third-order valence-electron chi connectivity index (χ3n) is 3.24. The van der Waals surface area contributed by atoms with Gasteiger partial charge in [-0.2, -0.15) is 0 Å². The molecule has 0 radical (unpaired) electrons. The van der Waals surface area contributed by atoms with Gasteiger partial charge in [-0.05, 0) is 35.9 Å². The fraction of sp³-hybridized carbons (Fsp3) is 0.118. The monoisotopic (exact) mass is 359 g/mol. The molecule has 106 valence electrons. The van der Waals surface area contributed by atoms with Gasteiger partial charge >= 0.3 is 0 Å². The lowest BCUT2D eigenvalue weighted by molar-refractivity contribution is 0.205. The first-order valence-electron chi connectivity index (χ1n) is 6.64. The van der Waals surface area contributed by atoms with Crippen LogP contribution in [-0.4, -0.2) is 15.8 Å². The summed E-state index contributed by atoms with van der Waals surface area (Å²) in [4.78, 5) is 5.47. The fourth-order valence-electron chi connectivity index (χ4n) is 2.24. The minimum Gasteiger partial charge on any atom is -0.388 e. The molecular formula is C17H14BrNOS. The van der Waals surface area contributed by atoms with Gasteiger partial charge in [-0.3, -0.25) is 4.98 Å². The minimum atomic E-state index is -0.512. The summed E-state index contributed by atoms with van der Waals surface area (Å²) in [5, 5.41) is 11.5. The molecule has 0 fully saturated rings. The Balaban J connectivity index is 1.79. The van der Waals surface area contributed by atoms with Crippen LogP contribution in [0.25, 0.3) is 10.9 Å². The van der Waals surface area contributed by atoms with E-state index in [1.807, 2.05) is 48.5 Å². The molecule has 1 atom stereocenters. The van der Waals surface area contributed by atoms with Crippen molar-refractivity contribution < 1.29 is 5.11 Å². The van der Waals surface area contributed by atoms with Crippen molar-refractivity contribution in [2.24, 2.45) is 0 Å². The maximum absolute atomic E-state index is 10.5. The Morgan fingerprint density at radius 1 is 1.10 bits per heavy atom. The Hall–Kier alpha value is -1.36. The molecule has 0 aliphatic rings. The van der Waals surface area contributed by atoms with Gasteiger partial charge < -0.3 is 5.11 Å². The smallest absolute Gasteiger partial charge is 0.0890 e. The van der Waals surface area contributed by atoms with Crippen LogP contribution >= 0.6 is 27.7 Å². The molecule has 1 unspecified atom stereocenters. The van der Waals surface area contributed by atoms with Crippen molar-refractivity contribution in [1.82, 2.24) is 4.98 Å². The van der Waals surface area contributed by atoms with Crippen molar-refractivity contribution in [2.45, 2.75) is 11.0 Å². The minimum absolute atomic E-state index is 0.512. The van der Waals surface area contributed by atoms with E-state index in [-0.39, 0.29) is 0 Å². The number of pyridine rings is 1. The first-order chi connectivity index (χ1) is 10.2. The van der Waals surface area contributed by atoms with E-state index in [1.165, 1.54) is 0 Å². The van der Waals surface area contributed by atoms with Gasteiger partial charge in [0, 0.05) is 26.7 Å². The molecule has 1 N–H and O–H groups in total. The number of hydrogen-bond acceptors (Lipinski definition) is 3. The van der Waals surface area contributed by atoms with Gasteiger partial charge in [0.25, 0.3) is 0 Å². The maximum atomic E-state index is 10.5. The van der Waals surface area contributed by atoms with Crippen LogP contribution in [0.4, 0.5) is 0 Å². The predicted octanol–water partition coefficient (Wildman–Crippen LogP) is 4.82. The summed E-state index contributed by atoms with van der Waals surface area (Å²) in [6, 6.07) is 17.9. The van der Waals surface area contributed by atoms with Gasteiger partial charge in [0.15, 0.2) is 0 Å². The van der Waals surface area contributed by atoms with Crippen LogP contribution in [-0.2, 0) is 0 Å². The molecule has 3 rings (SSSR count). The van der Waals surface area contributed by atoms with E-state index in [4.69, 9.17) is 0 Å². The Bertz CT molecular complexity index is 757. The number of benzene rings is 2. The number of rotatable bonds is 4. The zero-order chi connectivity index (χ0) is 14.7. The van der Waals surface area contributed by atoms with E-state index in [0.717, 1.165) is 25.8 Å². The molecule has 0 bridgehead atoms. The highest BCUT2D eigenvalue weighted by atomic mass is 79.9. The van der Waals surface area contributed by atoms with Gasteiger partial charge in [-0.15, -0.1) is 11.8 Å². The molecule has 0 spiro atoms. The number of aromatic nitrogens is 1. The van der Waals surface area contributed by atoms with Gasteiger partial charge in [-0.25, -0.2) is 0 Å². The Labute approximate surface area is 136 Å². The second-order valence-corrected chi connectivity index (χ2v) is 6.71. The van der Waals surface area contributed by atoms with Gasteiger partial charge in [0.05, 0.1) is 11.6 Å². The molecule has 1 aromatic heterocycles. The second-order valence-electron chi connectivity index (χ2n) is 4.70. The number of halogens is 1. The van der Waals surface area contributed by atoms with E-state index in [0.29, 0.717) is 5.75 Å². The highest BCUT2D eigenvalue weighted by Crippen LogP contribution is 2.29. The molecule has 2 aromatic carbocycles. The molecule has 2 nitrogen and oxygen atoms in total. The molecular weight excluding hydrogens is 346 g/mol. The Morgan fingerprint density at radius 3 is 2.81 bits per heavy atom. The van der Waals surface area contributed by atoms with Crippen LogP contribution in [0.15, 0.2) is 70.2 Å². The molecule has 0 aliphatic carbocycles. The molecule has 1 heterocycles. The van der Waals surface area contributed by atoms with Crippen molar-refractivity contribution in [3.05, 3.63) is 70.8 Å². The lowest BCUT2D eigenvalue weighted by Crippen LogP contribution is -2.01. The first kappa shape index (κ1) is 14.6. The number of hydrogen-bond donors (Lipinski definition) is 1. The van der Waals surface area contributed by atoms with Crippen molar-refractivity contribution in [3.63, 3.8) is 0 Å². The van der Waals surface area contributed by atoms with E-state index in [1.54, 1.807) is 18.0 Å². The third kappa shape index (κ3) is 3.46. The quantitative estimate of drug-likeness (QED) is 0.677. The summed E-state index contributed by atoms with van der Waals surface area (Å²) in [6.45, 7) is 0. The summed E-state index contributed by atoms with van der Waals surface area (Å²) >= 11 is 5.11. The summed E-state index contributed by atoms with van der Waals surface area (Å²) in [5.41, 5.74) is 1.85. The standard InChI is InChI=1S/C17H14BrNOS/c18-12-4-1-5-13(10-12)21-11-17(20)15-6-2-8-16-14(15)7-3-9-19-16/h1-10,17,20H,11H2. The molecule has 0 saturated carbocycles. The Morgan fingerprint density at radius 2 is 1.95 bits per heavy atom. The van der Waals surface area contributed by atoms with Crippen molar-refractivity contribution in [2.75, 3.05) is 5.75 Å². The van der Waals surface area contributed by atoms with Crippen LogP contribution in [0, 0.1) is 0 Å². The highest BCUT2D eigenvalue weighted by Gasteiger charge is 2.12. The van der Waals surface area contributed by atoms with Gasteiger partial charge in [0.1, 0.15) is 0 Å². The van der Waals surface area contributed by atoms with Crippen LogP contribution in [0.3, 0.4) is 0 Å². The van der Waals surface area contributed by atoms with E-state index < -0.39 is 6.10 Å². The summed E-state index contributed by atoms with van der Waals surface area (Å²) in [6.07, 6.45) is 1.26. The van der Waals surface area contributed by atoms with Crippen molar-refractivity contribution >= 4 is 38.6 Å². The zero-order valence-corrected chi connectivity index (χ0v) is 13.6. The fourth-order valence-corrected chi connectivity index (χ4v) is 3.71. The predicted molar refractivity (Wildman–Crippen MR) is 91.6 cm³/mol. The highest BCUT2D eigenvalue weighted by molar-refractivity contribution is 9.10. The normalized spacial score (nSPS) is 12.5. The largest absolute Gasteiger partial charge is 0.388 e. The number of thioether (sulfide) groups is 1. The van der Waals surface area contributed by atoms with Crippen LogP contribution < -0.4 is 0 Å². The van der Waals surface area contributed by atoms with Crippen LogP contribution in [0.1, 0.15) is 11.7 Å². The summed E-state index contributed by atoms with van der Waals surface area (Å²) in [5.74, 6) is 0.616. The average Bonchev–Trinajstić information content (AvgIpc) is 2.52. The third-order valence-corrected chi connectivity index (χ3v) is 4.81. The molecule has 0 amide bonds. The molecule has 0 saturated heterocycles. The average molecular weight is 360 g/mol. The topological polar surface area (TPSA) is 33.1 Å². The van der Waals surface area contributed by atoms with E-state index >= 15 is 0 Å². The van der Waals surface area contributed by atoms with Gasteiger partial charge in [0.2, 0.25) is 0 Å². The van der Waals surface area contributed by atoms with Gasteiger partial charge in [-0.1, -0.05) is 40.2 Å². The number of aliphatic hydroxyl groups excluding tert-OH is 1. The van der Waals surface area contributed by atoms with Crippen molar-refractivity contribution in [3.8, 4) is 0 Å². The Kier molecular flexibility index (Phi) is 4.58. The maximum Gasteiger partial charge on any atom is 0.0890 e. The number of fused-ring (bicyclic) bond motifs is 1. The second kappa shape index (κ2) is 6.60. The SMILES string of the molecule is OC(CSc1cccc(Br)c1)c1cccc2ncccc12. The summed E-state index contributed by atoms with van der Waals surface area (Å²) in [7, 11) is 0. The van der Waals surface area contributed by atoms with Crippen LogP contribution in [0.2, 0.25) is 0 Å². The summed E-state index contributed by atoms with van der Waals surface area (Å²) < 4.78 is 1.05. The number of nitrogens with zero attached hydrogens (tertiary/aromatic N) is 1. The molecule has 21 heavy (non-hydrogen) atoms. The lowest BCUT2D eigenvalue weighted by Gasteiger charge is -2.13. The first-order valence-corrected chi connectivity index (χ1v) is 8.42.